The van der Waals surface area contributed by atoms with Crippen LogP contribution in [0.1, 0.15) is 19.3 Å². The lowest BCUT2D eigenvalue weighted by Gasteiger charge is -2.20. The summed E-state index contributed by atoms with van der Waals surface area (Å²) in [4.78, 5) is 23.5. The molecule has 0 aliphatic heterocycles. The van der Waals surface area contributed by atoms with Crippen LogP contribution in [0.25, 0.3) is 0 Å². The minimum absolute atomic E-state index is 0.0176. The van der Waals surface area contributed by atoms with E-state index in [4.69, 9.17) is 21.1 Å². The van der Waals surface area contributed by atoms with Crippen LogP contribution < -0.4 is 11.1 Å². The van der Waals surface area contributed by atoms with Crippen LogP contribution >= 0.6 is 0 Å². The van der Waals surface area contributed by atoms with E-state index in [1.54, 1.807) is 0 Å². The molecule has 1 atom stereocenters. The van der Waals surface area contributed by atoms with E-state index in [0.29, 0.717) is 32.6 Å². The van der Waals surface area contributed by atoms with Crippen LogP contribution in [0, 0.1) is 0 Å². The minimum Gasteiger partial charge on any atom is -0.480 e. The highest BCUT2D eigenvalue weighted by molar-refractivity contribution is 5.77. The Balaban J connectivity index is 3.91. The lowest BCUT2D eigenvalue weighted by atomic mass is 10.1. The first-order chi connectivity index (χ1) is 9.51. The highest BCUT2D eigenvalue weighted by atomic mass is 16.4. The van der Waals surface area contributed by atoms with Gasteiger partial charge in [-0.25, -0.2) is 0 Å². The summed E-state index contributed by atoms with van der Waals surface area (Å²) in [5.41, 5.74) is 4.99. The number of nitrogens with zero attached hydrogens (tertiary/aromatic N) is 1. The Bertz CT molecular complexity index is 282. The Morgan fingerprint density at radius 3 is 2.20 bits per heavy atom. The average Bonchev–Trinajstić information content (AvgIpc) is 2.37. The van der Waals surface area contributed by atoms with Crippen molar-refractivity contribution in [2.75, 3.05) is 39.4 Å². The molecule has 0 saturated carbocycles. The summed E-state index contributed by atoms with van der Waals surface area (Å²) in [6.45, 7) is 2.11. The third kappa shape index (κ3) is 9.68. The predicted octanol–water partition coefficient (Wildman–Crippen LogP) is -2.03. The van der Waals surface area contributed by atoms with Crippen molar-refractivity contribution >= 4 is 11.9 Å². The molecule has 0 unspecified atom stereocenters. The number of aliphatic hydroxyl groups excluding tert-OH is 2. The molecule has 8 heteroatoms. The molecular weight excluding hydrogens is 266 g/mol. The number of carboxylic acids is 1. The summed E-state index contributed by atoms with van der Waals surface area (Å²) in [5, 5.41) is 29.5. The minimum atomic E-state index is -1.01. The van der Waals surface area contributed by atoms with E-state index in [2.05, 4.69) is 5.32 Å². The Kier molecular flexibility index (Phi) is 10.9. The van der Waals surface area contributed by atoms with Crippen LogP contribution in [0.5, 0.6) is 0 Å². The topological polar surface area (TPSA) is 136 Å². The second kappa shape index (κ2) is 11.6. The maximum atomic E-state index is 11.0. The van der Waals surface area contributed by atoms with Gasteiger partial charge in [0, 0.05) is 19.5 Å². The van der Waals surface area contributed by atoms with Gasteiger partial charge in [0.15, 0.2) is 0 Å². The number of rotatable bonds is 13. The van der Waals surface area contributed by atoms with Gasteiger partial charge in [-0.2, -0.15) is 0 Å². The molecule has 0 aromatic carbocycles. The third-order valence-corrected chi connectivity index (χ3v) is 2.85. The fraction of sp³-hybridized carbons (Fsp3) is 0.833. The Morgan fingerprint density at radius 1 is 1.15 bits per heavy atom. The first-order valence-corrected chi connectivity index (χ1v) is 6.69. The molecule has 0 spiro atoms. The van der Waals surface area contributed by atoms with Crippen LogP contribution in [-0.4, -0.2) is 77.5 Å². The zero-order chi connectivity index (χ0) is 15.4. The fourth-order valence-corrected chi connectivity index (χ4v) is 1.80. The Morgan fingerprint density at radius 2 is 1.75 bits per heavy atom. The largest absolute Gasteiger partial charge is 0.480 e. The number of carboxylic acid groups (broad SMARTS) is 1. The van der Waals surface area contributed by atoms with Crippen molar-refractivity contribution in [1.29, 1.82) is 0 Å². The number of amides is 1. The smallest absolute Gasteiger partial charge is 0.320 e. The number of hydrogen-bond acceptors (Lipinski definition) is 6. The summed E-state index contributed by atoms with van der Waals surface area (Å²) < 4.78 is 0. The number of carbonyl (C=O) groups is 2. The zero-order valence-electron chi connectivity index (χ0n) is 11.6. The number of primary amides is 1. The normalized spacial score (nSPS) is 12.6. The molecule has 20 heavy (non-hydrogen) atoms. The molecule has 0 aromatic heterocycles. The number of carbonyl (C=O) groups excluding carboxylic acids is 1. The summed E-state index contributed by atoms with van der Waals surface area (Å²) in [6.07, 6.45) is 0.882. The summed E-state index contributed by atoms with van der Waals surface area (Å²) in [6, 6.07) is -0.786. The van der Waals surface area contributed by atoms with Gasteiger partial charge < -0.3 is 26.4 Å². The van der Waals surface area contributed by atoms with Crippen LogP contribution in [0.15, 0.2) is 0 Å². The molecule has 8 nitrogen and oxygen atoms in total. The molecule has 1 amide bonds. The predicted molar refractivity (Wildman–Crippen MR) is 73.1 cm³/mol. The van der Waals surface area contributed by atoms with Crippen molar-refractivity contribution in [3.63, 3.8) is 0 Å². The Labute approximate surface area is 118 Å². The van der Waals surface area contributed by atoms with Gasteiger partial charge in [-0.15, -0.1) is 0 Å². The van der Waals surface area contributed by atoms with E-state index < -0.39 is 17.9 Å². The van der Waals surface area contributed by atoms with Gasteiger partial charge in [0.05, 0.1) is 13.2 Å². The highest BCUT2D eigenvalue weighted by Gasteiger charge is 2.17. The molecule has 0 bridgehead atoms. The molecule has 0 radical (unpaired) electrons. The molecular formula is C12H25N3O5. The standard InChI is InChI=1S/C12H25N3O5/c13-11(18)3-2-10(12(19)20)14-4-1-5-15(6-8-16)7-9-17/h10,14,16-17H,1-9H2,(H2,13,18)(H,19,20)/t10-/m0/s1. The first-order valence-electron chi connectivity index (χ1n) is 6.69. The molecule has 0 saturated heterocycles. The Hall–Kier alpha value is -1.22. The van der Waals surface area contributed by atoms with Crippen molar-refractivity contribution in [1.82, 2.24) is 10.2 Å². The lowest BCUT2D eigenvalue weighted by molar-refractivity contribution is -0.139. The number of aliphatic carboxylic acids is 1. The first kappa shape index (κ1) is 18.8. The molecule has 0 fully saturated rings. The van der Waals surface area contributed by atoms with E-state index in [1.807, 2.05) is 4.90 Å². The molecule has 0 aliphatic rings. The number of aliphatic hydroxyl groups is 2. The van der Waals surface area contributed by atoms with Crippen LogP contribution in [0.3, 0.4) is 0 Å². The lowest BCUT2D eigenvalue weighted by Crippen LogP contribution is -2.39. The van der Waals surface area contributed by atoms with Gasteiger partial charge in [-0.1, -0.05) is 0 Å². The number of nitrogens with two attached hydrogens (primary N) is 1. The van der Waals surface area contributed by atoms with Crippen molar-refractivity contribution in [3.05, 3.63) is 0 Å². The van der Waals surface area contributed by atoms with Crippen LogP contribution in [0.4, 0.5) is 0 Å². The van der Waals surface area contributed by atoms with Crippen molar-refractivity contribution in [2.45, 2.75) is 25.3 Å². The quantitative estimate of drug-likeness (QED) is 0.247. The molecule has 0 aromatic rings. The number of nitrogens with one attached hydrogen (secondary N) is 1. The van der Waals surface area contributed by atoms with Gasteiger partial charge >= 0.3 is 5.97 Å². The second-order valence-electron chi connectivity index (χ2n) is 4.49. The van der Waals surface area contributed by atoms with Crippen molar-refractivity contribution in [3.8, 4) is 0 Å². The highest BCUT2D eigenvalue weighted by Crippen LogP contribution is 1.98. The molecule has 118 valence electrons. The zero-order valence-corrected chi connectivity index (χ0v) is 11.6. The van der Waals surface area contributed by atoms with Crippen LogP contribution in [0.2, 0.25) is 0 Å². The van der Waals surface area contributed by atoms with Gasteiger partial charge in [0.1, 0.15) is 6.04 Å². The SMILES string of the molecule is NC(=O)CC[C@H](NCCCN(CCO)CCO)C(=O)O. The summed E-state index contributed by atoms with van der Waals surface area (Å²) in [5.74, 6) is -1.52. The molecule has 6 N–H and O–H groups in total. The summed E-state index contributed by atoms with van der Waals surface area (Å²) >= 11 is 0. The van der Waals surface area contributed by atoms with E-state index in [1.165, 1.54) is 0 Å². The summed E-state index contributed by atoms with van der Waals surface area (Å²) in [7, 11) is 0. The van der Waals surface area contributed by atoms with Gasteiger partial charge in [-0.3, -0.25) is 14.5 Å². The average molecular weight is 291 g/mol. The van der Waals surface area contributed by atoms with E-state index in [0.717, 1.165) is 0 Å². The second-order valence-corrected chi connectivity index (χ2v) is 4.49. The fourth-order valence-electron chi connectivity index (χ4n) is 1.80. The maximum Gasteiger partial charge on any atom is 0.320 e. The van der Waals surface area contributed by atoms with Gasteiger partial charge in [-0.05, 0) is 25.9 Å². The van der Waals surface area contributed by atoms with E-state index in [-0.39, 0.29) is 26.1 Å². The molecule has 0 heterocycles. The monoisotopic (exact) mass is 291 g/mol. The number of hydrogen-bond donors (Lipinski definition) is 5. The van der Waals surface area contributed by atoms with E-state index >= 15 is 0 Å². The maximum absolute atomic E-state index is 11.0. The van der Waals surface area contributed by atoms with Crippen LogP contribution in [-0.2, 0) is 9.59 Å². The molecule has 0 rings (SSSR count). The van der Waals surface area contributed by atoms with Crippen molar-refractivity contribution in [2.24, 2.45) is 5.73 Å². The van der Waals surface area contributed by atoms with E-state index in [9.17, 15) is 9.59 Å². The third-order valence-electron chi connectivity index (χ3n) is 2.85. The van der Waals surface area contributed by atoms with Gasteiger partial charge in [0.2, 0.25) is 5.91 Å². The van der Waals surface area contributed by atoms with Gasteiger partial charge in [0.25, 0.3) is 0 Å². The van der Waals surface area contributed by atoms with Crippen molar-refractivity contribution < 1.29 is 24.9 Å². The molecule has 0 aliphatic carbocycles.